The molecule has 0 radical (unpaired) electrons. The normalized spacial score (nSPS) is 11.5. The van der Waals surface area contributed by atoms with Crippen LogP contribution in [0.5, 0.6) is 0 Å². The van der Waals surface area contributed by atoms with Crippen molar-refractivity contribution in [2.45, 2.75) is 19.9 Å². The molecule has 17 heavy (non-hydrogen) atoms. The third kappa shape index (κ3) is 5.94. The molecule has 0 atom stereocenters. The van der Waals surface area contributed by atoms with Crippen molar-refractivity contribution < 1.29 is 4.39 Å². The highest BCUT2D eigenvalue weighted by Crippen LogP contribution is 1.88. The Hall–Kier alpha value is -1.52. The van der Waals surface area contributed by atoms with Crippen LogP contribution in [0.3, 0.4) is 0 Å². The van der Waals surface area contributed by atoms with Crippen molar-refractivity contribution in [2.75, 3.05) is 26.3 Å². The molecule has 1 heterocycles. The van der Waals surface area contributed by atoms with E-state index in [1.165, 1.54) is 0 Å². The number of aromatic nitrogens is 1. The fourth-order valence-corrected chi connectivity index (χ4v) is 1.42. The van der Waals surface area contributed by atoms with E-state index in [9.17, 15) is 4.39 Å². The first-order valence-electron chi connectivity index (χ1n) is 6.05. The van der Waals surface area contributed by atoms with E-state index in [-0.39, 0.29) is 6.67 Å². The minimum Gasteiger partial charge on any atom is -0.357 e. The maximum Gasteiger partial charge on any atom is 0.191 e. The number of hydrogen-bond acceptors (Lipinski definition) is 1. The molecule has 0 aliphatic rings. The molecule has 1 rings (SSSR count). The third-order valence-corrected chi connectivity index (χ3v) is 2.23. The van der Waals surface area contributed by atoms with Crippen molar-refractivity contribution in [1.82, 2.24) is 15.2 Å². The predicted molar refractivity (Wildman–Crippen MR) is 69.0 cm³/mol. The summed E-state index contributed by atoms with van der Waals surface area (Å²) in [4.78, 5) is 4.27. The first kappa shape index (κ1) is 13.5. The van der Waals surface area contributed by atoms with E-state index in [2.05, 4.69) is 20.2 Å². The van der Waals surface area contributed by atoms with Crippen LogP contribution in [0.1, 0.15) is 13.3 Å². The second-order valence-electron chi connectivity index (χ2n) is 3.65. The molecular formula is C12H21FN4. The zero-order valence-corrected chi connectivity index (χ0v) is 10.3. The van der Waals surface area contributed by atoms with Gasteiger partial charge in [0.2, 0.25) is 0 Å². The summed E-state index contributed by atoms with van der Waals surface area (Å²) < 4.78 is 14.0. The molecule has 96 valence electrons. The predicted octanol–water partition coefficient (Wildman–Crippen LogP) is 1.40. The summed E-state index contributed by atoms with van der Waals surface area (Å²) in [7, 11) is 0. The highest BCUT2D eigenvalue weighted by molar-refractivity contribution is 5.79. The van der Waals surface area contributed by atoms with Gasteiger partial charge in [0.05, 0.1) is 6.67 Å². The number of rotatable bonds is 7. The monoisotopic (exact) mass is 240 g/mol. The van der Waals surface area contributed by atoms with Crippen LogP contribution in [0, 0.1) is 0 Å². The molecular weight excluding hydrogens is 219 g/mol. The van der Waals surface area contributed by atoms with Gasteiger partial charge in [0.15, 0.2) is 5.96 Å². The molecule has 0 spiro atoms. The number of halogens is 1. The van der Waals surface area contributed by atoms with E-state index in [4.69, 9.17) is 0 Å². The number of alkyl halides is 1. The molecule has 1 aromatic rings. The summed E-state index contributed by atoms with van der Waals surface area (Å²) in [6.45, 7) is 4.72. The summed E-state index contributed by atoms with van der Waals surface area (Å²) in [6, 6.07) is 4.00. The van der Waals surface area contributed by atoms with Crippen molar-refractivity contribution in [3.8, 4) is 0 Å². The van der Waals surface area contributed by atoms with E-state index in [1.807, 2.05) is 31.5 Å². The highest BCUT2D eigenvalue weighted by Gasteiger charge is 1.96. The van der Waals surface area contributed by atoms with E-state index < -0.39 is 0 Å². The van der Waals surface area contributed by atoms with E-state index in [0.29, 0.717) is 13.0 Å². The zero-order valence-electron chi connectivity index (χ0n) is 10.3. The second kappa shape index (κ2) is 8.61. The van der Waals surface area contributed by atoms with Gasteiger partial charge in [-0.3, -0.25) is 9.38 Å². The van der Waals surface area contributed by atoms with Gasteiger partial charge < -0.3 is 15.2 Å². The smallest absolute Gasteiger partial charge is 0.191 e. The van der Waals surface area contributed by atoms with Crippen LogP contribution in [-0.2, 0) is 6.54 Å². The van der Waals surface area contributed by atoms with Crippen LogP contribution in [0.2, 0.25) is 0 Å². The average Bonchev–Trinajstić information content (AvgIpc) is 2.82. The summed E-state index contributed by atoms with van der Waals surface area (Å²) in [6.07, 6.45) is 4.53. The minimum atomic E-state index is -0.313. The van der Waals surface area contributed by atoms with Gasteiger partial charge in [0.1, 0.15) is 0 Å². The average molecular weight is 240 g/mol. The lowest BCUT2D eigenvalue weighted by molar-refractivity contribution is 0.477. The van der Waals surface area contributed by atoms with Crippen molar-refractivity contribution in [2.24, 2.45) is 4.99 Å². The Bertz CT molecular complexity index is 308. The van der Waals surface area contributed by atoms with Crippen LogP contribution in [0.4, 0.5) is 4.39 Å². The maximum absolute atomic E-state index is 12.0. The van der Waals surface area contributed by atoms with Gasteiger partial charge in [-0.1, -0.05) is 0 Å². The standard InChI is InChI=1S/C12H21FN4/c1-2-14-12(15-7-5-6-13)16-8-11-17-9-3-4-10-17/h3-4,9-10H,2,5-8,11H2,1H3,(H2,14,15,16). The van der Waals surface area contributed by atoms with Gasteiger partial charge in [0.25, 0.3) is 0 Å². The molecule has 0 aliphatic carbocycles. The summed E-state index contributed by atoms with van der Waals surface area (Å²) in [5, 5.41) is 6.34. The number of nitrogens with zero attached hydrogens (tertiary/aromatic N) is 2. The van der Waals surface area contributed by atoms with E-state index in [0.717, 1.165) is 25.6 Å². The van der Waals surface area contributed by atoms with Crippen molar-refractivity contribution in [1.29, 1.82) is 0 Å². The molecule has 0 aliphatic heterocycles. The van der Waals surface area contributed by atoms with Gasteiger partial charge >= 0.3 is 0 Å². The Morgan fingerprint density at radius 3 is 2.71 bits per heavy atom. The molecule has 0 aromatic carbocycles. The van der Waals surface area contributed by atoms with Crippen LogP contribution >= 0.6 is 0 Å². The largest absolute Gasteiger partial charge is 0.357 e. The van der Waals surface area contributed by atoms with Crippen LogP contribution in [-0.4, -0.2) is 36.8 Å². The summed E-state index contributed by atoms with van der Waals surface area (Å²) >= 11 is 0. The Morgan fingerprint density at radius 2 is 2.06 bits per heavy atom. The quantitative estimate of drug-likeness (QED) is 0.430. The lowest BCUT2D eigenvalue weighted by Gasteiger charge is -2.11. The molecule has 0 amide bonds. The van der Waals surface area contributed by atoms with Crippen molar-refractivity contribution in [3.63, 3.8) is 0 Å². The summed E-state index contributed by atoms with van der Waals surface area (Å²) in [5.41, 5.74) is 0. The van der Waals surface area contributed by atoms with Gasteiger partial charge in [-0.05, 0) is 25.5 Å². The molecule has 4 nitrogen and oxygen atoms in total. The third-order valence-electron chi connectivity index (χ3n) is 2.23. The van der Waals surface area contributed by atoms with Gasteiger partial charge in [-0.25, -0.2) is 0 Å². The van der Waals surface area contributed by atoms with Gasteiger partial charge in [-0.15, -0.1) is 0 Å². The molecule has 0 fully saturated rings. The topological polar surface area (TPSA) is 41.4 Å². The number of aliphatic imine (C=N–C) groups is 1. The first-order valence-corrected chi connectivity index (χ1v) is 6.05. The number of hydrogen-bond donors (Lipinski definition) is 2. The molecule has 0 saturated heterocycles. The van der Waals surface area contributed by atoms with E-state index >= 15 is 0 Å². The zero-order chi connectivity index (χ0) is 12.3. The van der Waals surface area contributed by atoms with Crippen molar-refractivity contribution >= 4 is 5.96 Å². The number of nitrogens with one attached hydrogen (secondary N) is 2. The fraction of sp³-hybridized carbons (Fsp3) is 0.583. The Balaban J connectivity index is 2.25. The SMILES string of the molecule is CCNC(=NCCCF)NCCn1cccc1. The highest BCUT2D eigenvalue weighted by atomic mass is 19.1. The molecule has 2 N–H and O–H groups in total. The van der Waals surface area contributed by atoms with Crippen LogP contribution in [0.15, 0.2) is 29.5 Å². The maximum atomic E-state index is 12.0. The minimum absolute atomic E-state index is 0.313. The molecule has 0 saturated carbocycles. The Kier molecular flexibility index (Phi) is 6.86. The molecule has 0 bridgehead atoms. The van der Waals surface area contributed by atoms with Crippen LogP contribution < -0.4 is 10.6 Å². The second-order valence-corrected chi connectivity index (χ2v) is 3.65. The van der Waals surface area contributed by atoms with Gasteiger partial charge in [-0.2, -0.15) is 0 Å². The molecule has 5 heteroatoms. The van der Waals surface area contributed by atoms with Crippen LogP contribution in [0.25, 0.3) is 0 Å². The summed E-state index contributed by atoms with van der Waals surface area (Å²) in [5.74, 6) is 0.758. The van der Waals surface area contributed by atoms with E-state index in [1.54, 1.807) is 0 Å². The number of guanidine groups is 1. The Labute approximate surface area is 102 Å². The fourth-order valence-electron chi connectivity index (χ4n) is 1.42. The Morgan fingerprint density at radius 1 is 1.29 bits per heavy atom. The van der Waals surface area contributed by atoms with Gasteiger partial charge in [0, 0.05) is 38.6 Å². The molecule has 1 aromatic heterocycles. The molecule has 0 unspecified atom stereocenters. The van der Waals surface area contributed by atoms with Crippen molar-refractivity contribution in [3.05, 3.63) is 24.5 Å². The first-order chi connectivity index (χ1) is 8.36. The lowest BCUT2D eigenvalue weighted by Crippen LogP contribution is -2.38. The lowest BCUT2D eigenvalue weighted by atomic mass is 10.5.